The first kappa shape index (κ1) is 12.7. The first-order valence-electron chi connectivity index (χ1n) is 6.37. The lowest BCUT2D eigenvalue weighted by molar-refractivity contribution is -0.142. The van der Waals surface area contributed by atoms with Gasteiger partial charge >= 0.3 is 5.97 Å². The van der Waals surface area contributed by atoms with Crippen molar-refractivity contribution in [3.05, 3.63) is 30.3 Å². The van der Waals surface area contributed by atoms with Crippen LogP contribution in [0.4, 0.5) is 0 Å². The van der Waals surface area contributed by atoms with Crippen molar-refractivity contribution >= 4 is 15.8 Å². The Morgan fingerprint density at radius 3 is 2.32 bits per heavy atom. The van der Waals surface area contributed by atoms with E-state index in [1.54, 1.807) is 37.3 Å². The minimum absolute atomic E-state index is 0.201. The third-order valence-corrected chi connectivity index (χ3v) is 7.59. The van der Waals surface area contributed by atoms with Crippen LogP contribution in [-0.4, -0.2) is 25.2 Å². The molecule has 19 heavy (non-hydrogen) atoms. The number of carbonyl (C=O) groups excluding carboxylic acids is 1. The number of sulfone groups is 1. The summed E-state index contributed by atoms with van der Waals surface area (Å²) in [5.41, 5.74) is -0.612. The molecule has 5 heteroatoms. The van der Waals surface area contributed by atoms with Gasteiger partial charge in [-0.25, -0.2) is 8.42 Å². The van der Waals surface area contributed by atoms with Gasteiger partial charge in [-0.1, -0.05) is 25.1 Å². The third kappa shape index (κ3) is 1.24. The van der Waals surface area contributed by atoms with Gasteiger partial charge in [-0.15, -0.1) is 0 Å². The standard InChI is InChI=1S/C14H16O4S/c1-10-13(2)8-9-14(13,12(15)18-10)19(16,17)11-6-4-3-5-7-11/h3-7,10H,8-9H2,1-2H3/t10-,13-,14-/m1/s1. The van der Waals surface area contributed by atoms with Crippen LogP contribution in [0.1, 0.15) is 26.7 Å². The van der Waals surface area contributed by atoms with Crippen molar-refractivity contribution in [2.24, 2.45) is 5.41 Å². The number of hydrogen-bond donors (Lipinski definition) is 0. The Kier molecular flexibility index (Phi) is 2.40. The van der Waals surface area contributed by atoms with Crippen molar-refractivity contribution in [2.75, 3.05) is 0 Å². The van der Waals surface area contributed by atoms with Crippen molar-refractivity contribution in [1.82, 2.24) is 0 Å². The van der Waals surface area contributed by atoms with E-state index < -0.39 is 26.0 Å². The molecule has 0 radical (unpaired) electrons. The lowest BCUT2D eigenvalue weighted by Gasteiger charge is -2.49. The summed E-state index contributed by atoms with van der Waals surface area (Å²) in [6.45, 7) is 3.62. The van der Waals surface area contributed by atoms with Gasteiger partial charge in [-0.2, -0.15) is 0 Å². The molecule has 102 valence electrons. The molecule has 4 nitrogen and oxygen atoms in total. The first-order chi connectivity index (χ1) is 8.86. The highest BCUT2D eigenvalue weighted by molar-refractivity contribution is 7.93. The monoisotopic (exact) mass is 280 g/mol. The molecule has 1 heterocycles. The van der Waals surface area contributed by atoms with E-state index in [9.17, 15) is 13.2 Å². The van der Waals surface area contributed by atoms with E-state index in [1.807, 2.05) is 6.92 Å². The lowest BCUT2D eigenvalue weighted by Crippen LogP contribution is -2.63. The number of carbonyl (C=O) groups is 1. The van der Waals surface area contributed by atoms with Crippen LogP contribution in [0.25, 0.3) is 0 Å². The highest BCUT2D eigenvalue weighted by Gasteiger charge is 2.76. The molecule has 0 N–H and O–H groups in total. The van der Waals surface area contributed by atoms with Crippen molar-refractivity contribution in [3.63, 3.8) is 0 Å². The van der Waals surface area contributed by atoms with Gasteiger partial charge < -0.3 is 4.74 Å². The topological polar surface area (TPSA) is 60.4 Å². The number of hydrogen-bond acceptors (Lipinski definition) is 4. The summed E-state index contributed by atoms with van der Waals surface area (Å²) >= 11 is 0. The van der Waals surface area contributed by atoms with Crippen LogP contribution in [0.3, 0.4) is 0 Å². The highest BCUT2D eigenvalue weighted by atomic mass is 32.2. The van der Waals surface area contributed by atoms with Crippen LogP contribution in [0.2, 0.25) is 0 Å². The summed E-state index contributed by atoms with van der Waals surface area (Å²) in [4.78, 5) is 12.4. The van der Waals surface area contributed by atoms with Gasteiger partial charge in [0, 0.05) is 5.41 Å². The Labute approximate surface area is 112 Å². The Hall–Kier alpha value is -1.36. The van der Waals surface area contributed by atoms with E-state index in [1.165, 1.54) is 0 Å². The molecule has 1 aliphatic heterocycles. The van der Waals surface area contributed by atoms with E-state index in [0.717, 1.165) is 0 Å². The van der Waals surface area contributed by atoms with Crippen LogP contribution in [0.15, 0.2) is 35.2 Å². The largest absolute Gasteiger partial charge is 0.461 e. The predicted octanol–water partition coefficient (Wildman–Crippen LogP) is 1.94. The van der Waals surface area contributed by atoms with Gasteiger partial charge in [0.2, 0.25) is 0 Å². The zero-order chi connectivity index (χ0) is 13.9. The van der Waals surface area contributed by atoms with Gasteiger partial charge in [0.1, 0.15) is 6.10 Å². The molecule has 3 rings (SSSR count). The minimum atomic E-state index is -3.72. The Morgan fingerprint density at radius 1 is 1.21 bits per heavy atom. The summed E-state index contributed by atoms with van der Waals surface area (Å²) in [5, 5.41) is 0. The van der Waals surface area contributed by atoms with Gasteiger partial charge in [-0.3, -0.25) is 4.79 Å². The predicted molar refractivity (Wildman–Crippen MR) is 69.3 cm³/mol. The number of ether oxygens (including phenoxy) is 1. The first-order valence-corrected chi connectivity index (χ1v) is 7.85. The Bertz CT molecular complexity index is 637. The molecule has 1 aromatic carbocycles. The average molecular weight is 280 g/mol. The SMILES string of the molecule is C[C@H]1OC(=O)[C@]2(S(=O)(=O)c3ccccc3)CC[C@]12C. The summed E-state index contributed by atoms with van der Waals surface area (Å²) in [6, 6.07) is 8.18. The molecule has 2 aliphatic rings. The van der Waals surface area contributed by atoms with E-state index in [0.29, 0.717) is 12.8 Å². The molecule has 0 bridgehead atoms. The molecule has 2 fully saturated rings. The molecular formula is C14H16O4S. The molecule has 1 saturated heterocycles. The maximum atomic E-state index is 12.9. The molecule has 0 aromatic heterocycles. The summed E-state index contributed by atoms with van der Waals surface area (Å²) in [7, 11) is -3.72. The van der Waals surface area contributed by atoms with E-state index >= 15 is 0 Å². The zero-order valence-corrected chi connectivity index (χ0v) is 11.7. The number of esters is 1. The maximum absolute atomic E-state index is 12.9. The number of rotatable bonds is 2. The second-order valence-electron chi connectivity index (χ2n) is 5.61. The molecule has 0 amide bonds. The fraction of sp³-hybridized carbons (Fsp3) is 0.500. The quantitative estimate of drug-likeness (QED) is 0.777. The van der Waals surface area contributed by atoms with Gasteiger partial charge in [-0.05, 0) is 31.9 Å². The number of cyclic esters (lactones) is 1. The summed E-state index contributed by atoms with van der Waals surface area (Å²) < 4.78 is 29.6. The van der Waals surface area contributed by atoms with Gasteiger partial charge in [0.25, 0.3) is 0 Å². The molecule has 3 atom stereocenters. The van der Waals surface area contributed by atoms with Crippen molar-refractivity contribution in [1.29, 1.82) is 0 Å². The smallest absolute Gasteiger partial charge is 0.328 e. The summed E-state index contributed by atoms with van der Waals surface area (Å²) in [5.74, 6) is -0.586. The highest BCUT2D eigenvalue weighted by Crippen LogP contribution is 2.63. The lowest BCUT2D eigenvalue weighted by atomic mass is 9.59. The van der Waals surface area contributed by atoms with Gasteiger partial charge in [0.15, 0.2) is 14.6 Å². The zero-order valence-electron chi connectivity index (χ0n) is 10.9. The van der Waals surface area contributed by atoms with E-state index in [-0.39, 0.29) is 11.0 Å². The molecule has 1 aromatic rings. The molecule has 1 aliphatic carbocycles. The van der Waals surface area contributed by atoms with Crippen LogP contribution >= 0.6 is 0 Å². The Balaban J connectivity index is 2.19. The fourth-order valence-corrected chi connectivity index (χ4v) is 5.79. The van der Waals surface area contributed by atoms with E-state index in [4.69, 9.17) is 4.74 Å². The van der Waals surface area contributed by atoms with Crippen molar-refractivity contribution in [2.45, 2.75) is 42.4 Å². The molecule has 0 spiro atoms. The second-order valence-corrected chi connectivity index (χ2v) is 7.78. The second kappa shape index (κ2) is 3.60. The molecule has 1 saturated carbocycles. The van der Waals surface area contributed by atoms with Crippen LogP contribution < -0.4 is 0 Å². The van der Waals surface area contributed by atoms with Crippen LogP contribution in [0.5, 0.6) is 0 Å². The van der Waals surface area contributed by atoms with Crippen LogP contribution in [0, 0.1) is 5.41 Å². The average Bonchev–Trinajstić information content (AvgIpc) is 2.49. The maximum Gasteiger partial charge on any atom is 0.328 e. The van der Waals surface area contributed by atoms with Crippen molar-refractivity contribution in [3.8, 4) is 0 Å². The number of fused-ring (bicyclic) bond motifs is 1. The number of benzene rings is 1. The van der Waals surface area contributed by atoms with Crippen molar-refractivity contribution < 1.29 is 17.9 Å². The Morgan fingerprint density at radius 2 is 1.84 bits per heavy atom. The van der Waals surface area contributed by atoms with E-state index in [2.05, 4.69) is 0 Å². The minimum Gasteiger partial charge on any atom is -0.461 e. The molecule has 0 unspecified atom stereocenters. The molecular weight excluding hydrogens is 264 g/mol. The fourth-order valence-electron chi connectivity index (χ4n) is 3.35. The van der Waals surface area contributed by atoms with Gasteiger partial charge in [0.05, 0.1) is 4.90 Å². The third-order valence-electron chi connectivity index (χ3n) is 4.94. The normalized spacial score (nSPS) is 37.4. The summed E-state index contributed by atoms with van der Waals surface area (Å²) in [6.07, 6.45) is 0.697. The van der Waals surface area contributed by atoms with Crippen LogP contribution in [-0.2, 0) is 19.4 Å².